The molecule has 1 rings (SSSR count). The van der Waals surface area contributed by atoms with Gasteiger partial charge in [-0.15, -0.1) is 0 Å². The highest BCUT2D eigenvalue weighted by molar-refractivity contribution is 5.97. The Balaban J connectivity index is 2.68. The lowest BCUT2D eigenvalue weighted by Crippen LogP contribution is -2.40. The van der Waals surface area contributed by atoms with Gasteiger partial charge in [-0.2, -0.15) is 0 Å². The number of hydrogen-bond donors (Lipinski definition) is 1. The van der Waals surface area contributed by atoms with Gasteiger partial charge < -0.3 is 10.5 Å². The minimum absolute atomic E-state index is 0.121. The highest BCUT2D eigenvalue weighted by Crippen LogP contribution is 2.39. The minimum Gasteiger partial charge on any atom is -0.468 e. The molecule has 2 N–H and O–H groups in total. The zero-order chi connectivity index (χ0) is 12.3. The topological polar surface area (TPSA) is 69.4 Å². The van der Waals surface area contributed by atoms with E-state index in [1.165, 1.54) is 0 Å². The number of ether oxygens (including phenoxy) is 1. The summed E-state index contributed by atoms with van der Waals surface area (Å²) in [6.07, 6.45) is -0.373. The number of esters is 1. The van der Waals surface area contributed by atoms with E-state index in [2.05, 4.69) is 4.74 Å². The van der Waals surface area contributed by atoms with Gasteiger partial charge in [0.25, 0.3) is 0 Å². The Hall–Kier alpha value is -1.20. The van der Waals surface area contributed by atoms with Crippen LogP contribution in [0.25, 0.3) is 0 Å². The lowest BCUT2D eigenvalue weighted by Gasteiger charge is -2.30. The average molecular weight is 235 g/mol. The zero-order valence-electron chi connectivity index (χ0n) is 9.04. The molecular formula is C10H15F2NO3. The van der Waals surface area contributed by atoms with Crippen molar-refractivity contribution in [3.63, 3.8) is 0 Å². The zero-order valence-corrected chi connectivity index (χ0v) is 9.04. The summed E-state index contributed by atoms with van der Waals surface area (Å²) in [5.74, 6) is -5.75. The van der Waals surface area contributed by atoms with Crippen LogP contribution in [0.15, 0.2) is 0 Å². The average Bonchev–Trinajstić information content (AvgIpc) is 2.20. The van der Waals surface area contributed by atoms with E-state index >= 15 is 0 Å². The van der Waals surface area contributed by atoms with E-state index in [1.54, 1.807) is 0 Å². The Bertz CT molecular complexity index is 284. The van der Waals surface area contributed by atoms with Crippen LogP contribution in [0.3, 0.4) is 0 Å². The molecule has 1 unspecified atom stereocenters. The van der Waals surface area contributed by atoms with Crippen LogP contribution in [0.4, 0.5) is 8.78 Å². The fourth-order valence-corrected chi connectivity index (χ4v) is 2.06. The van der Waals surface area contributed by atoms with Crippen LogP contribution >= 0.6 is 0 Å². The highest BCUT2D eigenvalue weighted by Gasteiger charge is 2.42. The van der Waals surface area contributed by atoms with E-state index < -0.39 is 29.6 Å². The maximum atomic E-state index is 12.9. The van der Waals surface area contributed by atoms with E-state index in [4.69, 9.17) is 5.73 Å². The monoisotopic (exact) mass is 235 g/mol. The molecule has 1 aliphatic rings. The van der Waals surface area contributed by atoms with E-state index in [0.717, 1.165) is 7.11 Å². The number of carbonyl (C=O) groups is 2. The third-order valence-corrected chi connectivity index (χ3v) is 2.99. The first-order chi connectivity index (χ1) is 7.37. The van der Waals surface area contributed by atoms with Crippen LogP contribution in [-0.4, -0.2) is 24.9 Å². The number of methoxy groups -OCH3 is 1. The second kappa shape index (κ2) is 4.76. The molecule has 0 spiro atoms. The van der Waals surface area contributed by atoms with Gasteiger partial charge in [-0.25, -0.2) is 8.78 Å². The van der Waals surface area contributed by atoms with Crippen molar-refractivity contribution in [3.05, 3.63) is 0 Å². The van der Waals surface area contributed by atoms with Crippen LogP contribution in [0, 0.1) is 11.8 Å². The molecule has 1 saturated carbocycles. The standard InChI is InChI=1S/C10H15F2NO3/c1-16-9(15)7(8(13)14)6-2-4-10(11,12)5-3-6/h6-7H,2-5H2,1H3,(H2,13,14). The Morgan fingerprint density at radius 3 is 2.25 bits per heavy atom. The van der Waals surface area contributed by atoms with Gasteiger partial charge in [0, 0.05) is 12.8 Å². The van der Waals surface area contributed by atoms with E-state index in [9.17, 15) is 18.4 Å². The van der Waals surface area contributed by atoms with Crippen LogP contribution < -0.4 is 5.73 Å². The second-order valence-electron chi connectivity index (χ2n) is 4.10. The molecular weight excluding hydrogens is 220 g/mol. The molecule has 0 radical (unpaired) electrons. The predicted molar refractivity (Wildman–Crippen MR) is 51.6 cm³/mol. The van der Waals surface area contributed by atoms with Crippen molar-refractivity contribution in [2.45, 2.75) is 31.6 Å². The molecule has 0 aromatic heterocycles. The van der Waals surface area contributed by atoms with Crippen molar-refractivity contribution in [2.24, 2.45) is 17.6 Å². The van der Waals surface area contributed by atoms with Crippen LogP contribution in [-0.2, 0) is 14.3 Å². The summed E-state index contributed by atoms with van der Waals surface area (Å²) in [6, 6.07) is 0. The molecule has 16 heavy (non-hydrogen) atoms. The molecule has 1 amide bonds. The number of nitrogens with two attached hydrogens (primary N) is 1. The molecule has 6 heteroatoms. The summed E-state index contributed by atoms with van der Waals surface area (Å²) in [5, 5.41) is 0. The summed E-state index contributed by atoms with van der Waals surface area (Å²) < 4.78 is 30.2. The SMILES string of the molecule is COC(=O)C(C(N)=O)C1CCC(F)(F)CC1. The van der Waals surface area contributed by atoms with Crippen LogP contribution in [0.1, 0.15) is 25.7 Å². The molecule has 1 fully saturated rings. The van der Waals surface area contributed by atoms with Crippen molar-refractivity contribution in [1.82, 2.24) is 0 Å². The Labute approximate surface area is 92.1 Å². The first-order valence-corrected chi connectivity index (χ1v) is 5.12. The van der Waals surface area contributed by atoms with Crippen molar-refractivity contribution >= 4 is 11.9 Å². The second-order valence-corrected chi connectivity index (χ2v) is 4.10. The third kappa shape index (κ3) is 2.90. The molecule has 0 aromatic carbocycles. The highest BCUT2D eigenvalue weighted by atomic mass is 19.3. The number of halogens is 2. The fourth-order valence-electron chi connectivity index (χ4n) is 2.06. The molecule has 0 saturated heterocycles. The lowest BCUT2D eigenvalue weighted by atomic mass is 9.78. The van der Waals surface area contributed by atoms with Gasteiger partial charge in [0.15, 0.2) is 0 Å². The van der Waals surface area contributed by atoms with Crippen molar-refractivity contribution in [3.8, 4) is 0 Å². The molecule has 1 atom stereocenters. The number of amides is 1. The normalized spacial score (nSPS) is 22.4. The Morgan fingerprint density at radius 1 is 1.38 bits per heavy atom. The Morgan fingerprint density at radius 2 is 1.88 bits per heavy atom. The number of carbonyl (C=O) groups excluding carboxylic acids is 2. The molecule has 1 aliphatic carbocycles. The summed E-state index contributed by atoms with van der Waals surface area (Å²) in [7, 11) is 1.15. The minimum atomic E-state index is -2.69. The van der Waals surface area contributed by atoms with Crippen LogP contribution in [0.2, 0.25) is 0 Å². The maximum absolute atomic E-state index is 12.9. The number of alkyl halides is 2. The van der Waals surface area contributed by atoms with Gasteiger partial charge in [-0.3, -0.25) is 9.59 Å². The van der Waals surface area contributed by atoms with Gasteiger partial charge in [0.1, 0.15) is 5.92 Å². The number of hydrogen-bond acceptors (Lipinski definition) is 3. The van der Waals surface area contributed by atoms with Gasteiger partial charge >= 0.3 is 5.97 Å². The van der Waals surface area contributed by atoms with Crippen LogP contribution in [0.5, 0.6) is 0 Å². The van der Waals surface area contributed by atoms with E-state index in [-0.39, 0.29) is 25.7 Å². The first-order valence-electron chi connectivity index (χ1n) is 5.12. The van der Waals surface area contributed by atoms with E-state index in [1.807, 2.05) is 0 Å². The molecule has 0 aromatic rings. The van der Waals surface area contributed by atoms with Gasteiger partial charge in [-0.05, 0) is 18.8 Å². The Kier molecular flexibility index (Phi) is 3.83. The smallest absolute Gasteiger partial charge is 0.318 e. The fraction of sp³-hybridized carbons (Fsp3) is 0.800. The largest absolute Gasteiger partial charge is 0.468 e. The van der Waals surface area contributed by atoms with Crippen molar-refractivity contribution < 1.29 is 23.1 Å². The van der Waals surface area contributed by atoms with Gasteiger partial charge in [0.2, 0.25) is 11.8 Å². The lowest BCUT2D eigenvalue weighted by molar-refractivity contribution is -0.153. The maximum Gasteiger partial charge on any atom is 0.318 e. The molecule has 0 bridgehead atoms. The summed E-state index contributed by atoms with van der Waals surface area (Å²) in [6.45, 7) is 0. The molecule has 92 valence electrons. The quantitative estimate of drug-likeness (QED) is 0.588. The van der Waals surface area contributed by atoms with Crippen molar-refractivity contribution in [2.75, 3.05) is 7.11 Å². The van der Waals surface area contributed by atoms with E-state index in [0.29, 0.717) is 0 Å². The summed E-state index contributed by atoms with van der Waals surface area (Å²) in [5.41, 5.74) is 5.08. The third-order valence-electron chi connectivity index (χ3n) is 2.99. The number of primary amides is 1. The van der Waals surface area contributed by atoms with Crippen molar-refractivity contribution in [1.29, 1.82) is 0 Å². The predicted octanol–water partition coefficient (Wildman–Crippen LogP) is 1.09. The summed E-state index contributed by atoms with van der Waals surface area (Å²) in [4.78, 5) is 22.4. The van der Waals surface area contributed by atoms with Gasteiger partial charge in [-0.1, -0.05) is 0 Å². The first kappa shape index (κ1) is 12.9. The summed E-state index contributed by atoms with van der Waals surface area (Å²) >= 11 is 0. The molecule has 0 heterocycles. The number of rotatable bonds is 3. The molecule has 0 aliphatic heterocycles. The van der Waals surface area contributed by atoms with Gasteiger partial charge in [0.05, 0.1) is 7.11 Å². The molecule has 4 nitrogen and oxygen atoms in total.